The lowest BCUT2D eigenvalue weighted by atomic mass is 10.0. The minimum atomic E-state index is -0.783. The molecule has 0 N–H and O–H groups in total. The summed E-state index contributed by atoms with van der Waals surface area (Å²) in [7, 11) is 0. The second-order valence-corrected chi connectivity index (χ2v) is 21.6. The number of hydrogen-bond donors (Lipinski definition) is 0. The third-order valence-electron chi connectivity index (χ3n) is 14.3. The fourth-order valence-corrected chi connectivity index (χ4v) is 9.43. The van der Waals surface area contributed by atoms with Crippen molar-refractivity contribution in [1.29, 1.82) is 0 Å². The van der Waals surface area contributed by atoms with Crippen molar-refractivity contribution in [2.75, 3.05) is 13.2 Å². The number of allylic oxidation sites excluding steroid dienone is 10. The van der Waals surface area contributed by atoms with E-state index in [4.69, 9.17) is 14.2 Å². The van der Waals surface area contributed by atoms with Crippen LogP contribution >= 0.6 is 0 Å². The van der Waals surface area contributed by atoms with Crippen LogP contribution in [0, 0.1) is 0 Å². The zero-order valence-corrected chi connectivity index (χ0v) is 49.4. The molecular formula is C68H122O6. The van der Waals surface area contributed by atoms with Crippen LogP contribution in [0.2, 0.25) is 0 Å². The predicted octanol–water partition coefficient (Wildman–Crippen LogP) is 21.9. The van der Waals surface area contributed by atoms with Gasteiger partial charge in [0, 0.05) is 19.3 Å². The lowest BCUT2D eigenvalue weighted by molar-refractivity contribution is -0.167. The summed E-state index contributed by atoms with van der Waals surface area (Å²) >= 11 is 0. The van der Waals surface area contributed by atoms with Crippen LogP contribution in [-0.2, 0) is 28.6 Å². The second kappa shape index (κ2) is 62.6. The van der Waals surface area contributed by atoms with Gasteiger partial charge in [0.05, 0.1) is 0 Å². The van der Waals surface area contributed by atoms with E-state index in [1.807, 2.05) is 0 Å². The molecule has 74 heavy (non-hydrogen) atoms. The third kappa shape index (κ3) is 60.0. The van der Waals surface area contributed by atoms with Gasteiger partial charge in [0.2, 0.25) is 0 Å². The molecule has 0 radical (unpaired) electrons. The van der Waals surface area contributed by atoms with Crippen molar-refractivity contribution in [3.63, 3.8) is 0 Å². The molecule has 0 saturated heterocycles. The highest BCUT2D eigenvalue weighted by molar-refractivity contribution is 5.71. The molecular weight excluding hydrogens is 913 g/mol. The minimum absolute atomic E-state index is 0.0800. The third-order valence-corrected chi connectivity index (χ3v) is 14.3. The smallest absolute Gasteiger partial charge is 0.306 e. The van der Waals surface area contributed by atoms with Crippen LogP contribution in [0.15, 0.2) is 60.8 Å². The van der Waals surface area contributed by atoms with Crippen LogP contribution in [0.4, 0.5) is 0 Å². The number of unbranched alkanes of at least 4 members (excludes halogenated alkanes) is 38. The summed E-state index contributed by atoms with van der Waals surface area (Å²) < 4.78 is 16.9. The first kappa shape index (κ1) is 71.1. The van der Waals surface area contributed by atoms with E-state index >= 15 is 0 Å². The second-order valence-electron chi connectivity index (χ2n) is 21.6. The summed E-state index contributed by atoms with van der Waals surface area (Å²) in [6.45, 7) is 6.56. The van der Waals surface area contributed by atoms with E-state index < -0.39 is 6.10 Å². The molecule has 0 aromatic rings. The number of ether oxygens (including phenoxy) is 3. The molecule has 0 aliphatic heterocycles. The summed E-state index contributed by atoms with van der Waals surface area (Å²) in [5.41, 5.74) is 0. The highest BCUT2D eigenvalue weighted by Crippen LogP contribution is 2.17. The molecule has 6 nitrogen and oxygen atoms in total. The Balaban J connectivity index is 4.38. The van der Waals surface area contributed by atoms with E-state index in [2.05, 4.69) is 81.5 Å². The first-order chi connectivity index (χ1) is 36.5. The zero-order chi connectivity index (χ0) is 53.6. The van der Waals surface area contributed by atoms with E-state index in [-0.39, 0.29) is 31.1 Å². The summed E-state index contributed by atoms with van der Waals surface area (Å²) in [6.07, 6.45) is 79.4. The Morgan fingerprint density at radius 1 is 0.284 bits per heavy atom. The Kier molecular flexibility index (Phi) is 60.2. The SMILES string of the molecule is CC/C=C\C/C=C\C/C=C\C/C=C\CCCCCCCCC(=O)OCC(COC(=O)CCCCCCC/C=C\CCCCCCCCCCC)OC(=O)CCCCCCCCCCCCCCCCCCCCC. The van der Waals surface area contributed by atoms with Gasteiger partial charge in [-0.2, -0.15) is 0 Å². The van der Waals surface area contributed by atoms with Crippen molar-refractivity contribution in [1.82, 2.24) is 0 Å². The molecule has 0 bridgehead atoms. The van der Waals surface area contributed by atoms with Crippen molar-refractivity contribution >= 4 is 17.9 Å². The molecule has 0 aliphatic carbocycles. The molecule has 0 rings (SSSR count). The fraction of sp³-hybridized carbons (Fsp3) is 0.809. The fourth-order valence-electron chi connectivity index (χ4n) is 9.43. The van der Waals surface area contributed by atoms with Gasteiger partial charge in [0.1, 0.15) is 13.2 Å². The molecule has 0 aliphatic rings. The maximum absolute atomic E-state index is 12.9. The topological polar surface area (TPSA) is 78.9 Å². The largest absolute Gasteiger partial charge is 0.462 e. The van der Waals surface area contributed by atoms with Gasteiger partial charge in [-0.3, -0.25) is 14.4 Å². The van der Waals surface area contributed by atoms with Gasteiger partial charge in [0.25, 0.3) is 0 Å². The Morgan fingerprint density at radius 2 is 0.527 bits per heavy atom. The van der Waals surface area contributed by atoms with Gasteiger partial charge in [-0.1, -0.05) is 293 Å². The first-order valence-electron chi connectivity index (χ1n) is 32.3. The van der Waals surface area contributed by atoms with E-state index in [1.54, 1.807) is 0 Å². The van der Waals surface area contributed by atoms with E-state index in [1.165, 1.54) is 199 Å². The summed E-state index contributed by atoms with van der Waals surface area (Å²) in [6, 6.07) is 0. The molecule has 0 amide bonds. The Morgan fingerprint density at radius 3 is 0.838 bits per heavy atom. The van der Waals surface area contributed by atoms with Crippen LogP contribution in [0.5, 0.6) is 0 Å². The van der Waals surface area contributed by atoms with Crippen LogP contribution in [0.3, 0.4) is 0 Å². The molecule has 0 saturated carbocycles. The van der Waals surface area contributed by atoms with Crippen LogP contribution in [0.1, 0.15) is 335 Å². The monoisotopic (exact) mass is 1030 g/mol. The van der Waals surface area contributed by atoms with Crippen LogP contribution in [0.25, 0.3) is 0 Å². The quantitative estimate of drug-likeness (QED) is 0.0261. The van der Waals surface area contributed by atoms with Crippen molar-refractivity contribution in [3.8, 4) is 0 Å². The number of hydrogen-bond acceptors (Lipinski definition) is 6. The van der Waals surface area contributed by atoms with Gasteiger partial charge in [0.15, 0.2) is 6.10 Å². The van der Waals surface area contributed by atoms with E-state index in [9.17, 15) is 14.4 Å². The van der Waals surface area contributed by atoms with Crippen molar-refractivity contribution in [3.05, 3.63) is 60.8 Å². The van der Waals surface area contributed by atoms with Gasteiger partial charge in [-0.05, 0) is 83.5 Å². The molecule has 0 fully saturated rings. The number of rotatable bonds is 59. The molecule has 0 aromatic heterocycles. The zero-order valence-electron chi connectivity index (χ0n) is 49.4. The van der Waals surface area contributed by atoms with Gasteiger partial charge in [-0.15, -0.1) is 0 Å². The van der Waals surface area contributed by atoms with Crippen molar-refractivity contribution in [2.24, 2.45) is 0 Å². The van der Waals surface area contributed by atoms with Gasteiger partial charge in [-0.25, -0.2) is 0 Å². The highest BCUT2D eigenvalue weighted by Gasteiger charge is 2.19. The molecule has 1 atom stereocenters. The molecule has 430 valence electrons. The van der Waals surface area contributed by atoms with Crippen molar-refractivity contribution in [2.45, 2.75) is 341 Å². The summed E-state index contributed by atoms with van der Waals surface area (Å²) in [5, 5.41) is 0. The Bertz CT molecular complexity index is 1330. The lowest BCUT2D eigenvalue weighted by Gasteiger charge is -2.18. The Labute approximate surface area is 460 Å². The van der Waals surface area contributed by atoms with Gasteiger partial charge < -0.3 is 14.2 Å². The number of carbonyl (C=O) groups is 3. The maximum atomic E-state index is 12.9. The first-order valence-corrected chi connectivity index (χ1v) is 32.3. The normalized spacial score (nSPS) is 12.4. The maximum Gasteiger partial charge on any atom is 0.306 e. The summed E-state index contributed by atoms with van der Waals surface area (Å²) in [5.74, 6) is -0.881. The summed E-state index contributed by atoms with van der Waals surface area (Å²) in [4.78, 5) is 38.3. The standard InChI is InChI=1S/C68H122O6/c1-4-7-10-13-16-19-22-25-28-31-34-37-40-43-46-49-52-55-58-61-67(70)73-64-65(63-72-66(69)60-57-54-51-48-45-42-39-36-33-30-27-24-21-18-15-12-9-6-3)74-68(71)62-59-56-53-50-47-44-41-38-35-32-29-26-23-20-17-14-11-8-5-2/h7,10,16,19,25,28,34,36-37,39,65H,4-6,8-9,11-15,17-18,20-24,26-27,29-33,35,38,40-64H2,1-3H3/b10-7-,19-16-,28-25-,37-34-,39-36-. The molecule has 1 unspecified atom stereocenters. The highest BCUT2D eigenvalue weighted by atomic mass is 16.6. The average Bonchev–Trinajstić information content (AvgIpc) is 3.40. The number of carbonyl (C=O) groups excluding carboxylic acids is 3. The lowest BCUT2D eigenvalue weighted by Crippen LogP contribution is -2.30. The predicted molar refractivity (Wildman–Crippen MR) is 321 cm³/mol. The molecule has 0 aromatic carbocycles. The number of esters is 3. The van der Waals surface area contributed by atoms with Crippen molar-refractivity contribution < 1.29 is 28.6 Å². The van der Waals surface area contributed by atoms with E-state index in [0.717, 1.165) is 96.3 Å². The van der Waals surface area contributed by atoms with Crippen LogP contribution < -0.4 is 0 Å². The van der Waals surface area contributed by atoms with Crippen LogP contribution in [-0.4, -0.2) is 37.2 Å². The Hall–Kier alpha value is -2.89. The van der Waals surface area contributed by atoms with E-state index in [0.29, 0.717) is 19.3 Å². The molecule has 6 heteroatoms. The minimum Gasteiger partial charge on any atom is -0.462 e. The average molecular weight is 1040 g/mol. The molecule has 0 heterocycles. The van der Waals surface area contributed by atoms with Gasteiger partial charge >= 0.3 is 17.9 Å². The molecule has 0 spiro atoms.